The summed E-state index contributed by atoms with van der Waals surface area (Å²) < 4.78 is 4.90. The summed E-state index contributed by atoms with van der Waals surface area (Å²) in [7, 11) is 0. The van der Waals surface area contributed by atoms with E-state index >= 15 is 0 Å². The van der Waals surface area contributed by atoms with Crippen LogP contribution in [-0.2, 0) is 9.53 Å². The number of aldehydes is 1. The summed E-state index contributed by atoms with van der Waals surface area (Å²) in [5, 5.41) is 9.21. The second-order valence-corrected chi connectivity index (χ2v) is 2.93. The Labute approximate surface area is 65.8 Å². The molecule has 0 spiro atoms. The SMILES string of the molecule is CC(C)N1CC(C=O)OC1O. The third-order valence-corrected chi connectivity index (χ3v) is 1.79. The van der Waals surface area contributed by atoms with Crippen molar-refractivity contribution in [3.8, 4) is 0 Å². The Morgan fingerprint density at radius 3 is 2.64 bits per heavy atom. The monoisotopic (exact) mass is 159 g/mol. The van der Waals surface area contributed by atoms with E-state index < -0.39 is 12.5 Å². The van der Waals surface area contributed by atoms with Crippen molar-refractivity contribution in [3.63, 3.8) is 0 Å². The number of carbonyl (C=O) groups is 1. The van der Waals surface area contributed by atoms with Crippen LogP contribution in [0, 0.1) is 0 Å². The van der Waals surface area contributed by atoms with Crippen molar-refractivity contribution >= 4 is 6.29 Å². The number of ether oxygens (including phenoxy) is 1. The predicted octanol–water partition coefficient (Wildman–Crippen LogP) is -0.430. The molecule has 0 aliphatic carbocycles. The largest absolute Gasteiger partial charge is 0.356 e. The minimum Gasteiger partial charge on any atom is -0.356 e. The van der Waals surface area contributed by atoms with Crippen LogP contribution in [0.1, 0.15) is 13.8 Å². The molecule has 0 amide bonds. The highest BCUT2D eigenvalue weighted by Crippen LogP contribution is 2.15. The van der Waals surface area contributed by atoms with E-state index in [1.807, 2.05) is 13.8 Å². The maximum Gasteiger partial charge on any atom is 0.217 e. The number of aliphatic hydroxyl groups excluding tert-OH is 1. The minimum absolute atomic E-state index is 0.204. The highest BCUT2D eigenvalue weighted by Gasteiger charge is 2.32. The van der Waals surface area contributed by atoms with Gasteiger partial charge in [0.25, 0.3) is 0 Å². The van der Waals surface area contributed by atoms with Gasteiger partial charge in [0.15, 0.2) is 0 Å². The summed E-state index contributed by atoms with van der Waals surface area (Å²) >= 11 is 0. The Morgan fingerprint density at radius 1 is 1.73 bits per heavy atom. The summed E-state index contributed by atoms with van der Waals surface area (Å²) in [6, 6.07) is 0.204. The van der Waals surface area contributed by atoms with E-state index in [0.717, 1.165) is 0 Å². The quantitative estimate of drug-likeness (QED) is 0.555. The number of carbonyl (C=O) groups excluding carboxylic acids is 1. The number of aliphatic hydroxyl groups is 1. The third-order valence-electron chi connectivity index (χ3n) is 1.79. The zero-order valence-corrected chi connectivity index (χ0v) is 6.73. The molecule has 0 aromatic rings. The highest BCUT2D eigenvalue weighted by atomic mass is 16.6. The fraction of sp³-hybridized carbons (Fsp3) is 0.857. The first-order valence-electron chi connectivity index (χ1n) is 3.69. The number of hydrogen-bond acceptors (Lipinski definition) is 4. The van der Waals surface area contributed by atoms with Crippen LogP contribution in [0.15, 0.2) is 0 Å². The van der Waals surface area contributed by atoms with Gasteiger partial charge >= 0.3 is 0 Å². The molecule has 4 heteroatoms. The minimum atomic E-state index is -0.912. The molecule has 1 saturated heterocycles. The smallest absolute Gasteiger partial charge is 0.217 e. The summed E-state index contributed by atoms with van der Waals surface area (Å²) in [5.74, 6) is 0. The van der Waals surface area contributed by atoms with Crippen molar-refractivity contribution in [2.24, 2.45) is 0 Å². The molecule has 11 heavy (non-hydrogen) atoms. The van der Waals surface area contributed by atoms with Gasteiger partial charge in [-0.2, -0.15) is 0 Å². The standard InChI is InChI=1S/C7H13NO3/c1-5(2)8-3-6(4-9)11-7(8)10/h4-7,10H,3H2,1-2H3. The van der Waals surface area contributed by atoms with Gasteiger partial charge in [0.2, 0.25) is 6.41 Å². The lowest BCUT2D eigenvalue weighted by Gasteiger charge is -2.21. The molecule has 1 rings (SSSR count). The fourth-order valence-electron chi connectivity index (χ4n) is 1.12. The summed E-state index contributed by atoms with van der Waals surface area (Å²) in [5.41, 5.74) is 0. The van der Waals surface area contributed by atoms with E-state index in [4.69, 9.17) is 4.74 Å². The molecule has 0 saturated carbocycles. The maximum atomic E-state index is 10.3. The zero-order chi connectivity index (χ0) is 8.43. The molecule has 1 N–H and O–H groups in total. The molecular weight excluding hydrogens is 146 g/mol. The lowest BCUT2D eigenvalue weighted by molar-refractivity contribution is -0.159. The first kappa shape index (κ1) is 8.64. The second kappa shape index (κ2) is 3.30. The first-order valence-corrected chi connectivity index (χ1v) is 3.69. The second-order valence-electron chi connectivity index (χ2n) is 2.93. The average Bonchev–Trinajstić information content (AvgIpc) is 2.30. The van der Waals surface area contributed by atoms with Gasteiger partial charge in [-0.1, -0.05) is 0 Å². The van der Waals surface area contributed by atoms with E-state index in [9.17, 15) is 9.90 Å². The van der Waals surface area contributed by atoms with Crippen molar-refractivity contribution in [2.45, 2.75) is 32.4 Å². The molecule has 0 aromatic heterocycles. The Balaban J connectivity index is 2.51. The van der Waals surface area contributed by atoms with Crippen molar-refractivity contribution in [1.29, 1.82) is 0 Å². The van der Waals surface area contributed by atoms with Gasteiger partial charge in [0, 0.05) is 12.6 Å². The molecule has 0 bridgehead atoms. The van der Waals surface area contributed by atoms with Crippen LogP contribution in [0.25, 0.3) is 0 Å². The number of rotatable bonds is 2. The summed E-state index contributed by atoms with van der Waals surface area (Å²) in [6.07, 6.45) is -0.663. The molecular formula is C7H13NO3. The lowest BCUT2D eigenvalue weighted by atomic mass is 10.3. The summed E-state index contributed by atoms with van der Waals surface area (Å²) in [6.45, 7) is 4.38. The predicted molar refractivity (Wildman–Crippen MR) is 38.8 cm³/mol. The van der Waals surface area contributed by atoms with E-state index in [1.54, 1.807) is 4.90 Å². The van der Waals surface area contributed by atoms with E-state index in [1.165, 1.54) is 0 Å². The van der Waals surface area contributed by atoms with Gasteiger partial charge in [0.05, 0.1) is 0 Å². The topological polar surface area (TPSA) is 49.8 Å². The van der Waals surface area contributed by atoms with Crippen molar-refractivity contribution in [1.82, 2.24) is 4.90 Å². The molecule has 64 valence electrons. The Hall–Kier alpha value is -0.450. The molecule has 4 nitrogen and oxygen atoms in total. The third kappa shape index (κ3) is 1.77. The van der Waals surface area contributed by atoms with E-state index in [-0.39, 0.29) is 6.04 Å². The normalized spacial score (nSPS) is 33.1. The average molecular weight is 159 g/mol. The molecule has 2 atom stereocenters. The lowest BCUT2D eigenvalue weighted by Crippen LogP contribution is -2.36. The Morgan fingerprint density at radius 2 is 2.36 bits per heavy atom. The van der Waals surface area contributed by atoms with Crippen molar-refractivity contribution in [2.75, 3.05) is 6.54 Å². The van der Waals surface area contributed by atoms with Gasteiger partial charge in [-0.25, -0.2) is 4.90 Å². The van der Waals surface area contributed by atoms with Crippen LogP contribution >= 0.6 is 0 Å². The first-order chi connectivity index (χ1) is 5.15. The highest BCUT2D eigenvalue weighted by molar-refractivity contribution is 5.56. The van der Waals surface area contributed by atoms with Crippen molar-refractivity contribution < 1.29 is 14.6 Å². The summed E-state index contributed by atoms with van der Waals surface area (Å²) in [4.78, 5) is 12.0. The van der Waals surface area contributed by atoms with Crippen LogP contribution in [0.2, 0.25) is 0 Å². The Bertz CT molecular complexity index is 149. The van der Waals surface area contributed by atoms with Crippen LogP contribution in [0.3, 0.4) is 0 Å². The number of nitrogens with zero attached hydrogens (tertiary/aromatic N) is 1. The van der Waals surface area contributed by atoms with Gasteiger partial charge in [-0.3, -0.25) is 0 Å². The van der Waals surface area contributed by atoms with Crippen LogP contribution < -0.4 is 0 Å². The van der Waals surface area contributed by atoms with Crippen molar-refractivity contribution in [3.05, 3.63) is 0 Å². The maximum absolute atomic E-state index is 10.3. The Kier molecular flexibility index (Phi) is 2.59. The van der Waals surface area contributed by atoms with Gasteiger partial charge < -0.3 is 14.6 Å². The number of hydrogen-bond donors (Lipinski definition) is 1. The van der Waals surface area contributed by atoms with E-state index in [2.05, 4.69) is 0 Å². The van der Waals surface area contributed by atoms with Gasteiger partial charge in [0.1, 0.15) is 12.4 Å². The molecule has 1 aliphatic heterocycles. The van der Waals surface area contributed by atoms with Crippen LogP contribution in [-0.4, -0.2) is 41.4 Å². The van der Waals surface area contributed by atoms with E-state index in [0.29, 0.717) is 12.8 Å². The molecule has 1 fully saturated rings. The van der Waals surface area contributed by atoms with Crippen LogP contribution in [0.4, 0.5) is 0 Å². The van der Waals surface area contributed by atoms with Gasteiger partial charge in [-0.05, 0) is 13.8 Å². The molecule has 1 heterocycles. The molecule has 0 radical (unpaired) electrons. The molecule has 2 unspecified atom stereocenters. The molecule has 0 aromatic carbocycles. The van der Waals surface area contributed by atoms with Gasteiger partial charge in [-0.15, -0.1) is 0 Å². The molecule has 1 aliphatic rings. The fourth-order valence-corrected chi connectivity index (χ4v) is 1.12. The van der Waals surface area contributed by atoms with Crippen LogP contribution in [0.5, 0.6) is 0 Å². The zero-order valence-electron chi connectivity index (χ0n) is 6.73.